The molecule has 9 heteroatoms. The molecule has 4 heterocycles. The second-order valence-electron chi connectivity index (χ2n) is 6.77. The predicted octanol–water partition coefficient (Wildman–Crippen LogP) is 2.55. The van der Waals surface area contributed by atoms with Gasteiger partial charge in [-0.05, 0) is 38.5 Å². The van der Waals surface area contributed by atoms with Crippen LogP contribution in [-0.4, -0.2) is 42.0 Å². The molecule has 0 radical (unpaired) electrons. The van der Waals surface area contributed by atoms with E-state index in [1.807, 2.05) is 32.0 Å². The third-order valence-corrected chi connectivity index (χ3v) is 5.31. The maximum Gasteiger partial charge on any atom is 0.252 e. The summed E-state index contributed by atoms with van der Waals surface area (Å²) in [4.78, 5) is 29.6. The van der Waals surface area contributed by atoms with Crippen LogP contribution in [0.25, 0.3) is 17.0 Å². The average molecular weight is 408 g/mol. The number of hydrogen-bond acceptors (Lipinski definition) is 7. The van der Waals surface area contributed by atoms with Crippen LogP contribution in [-0.2, 0) is 17.6 Å². The smallest absolute Gasteiger partial charge is 0.252 e. The zero-order valence-corrected chi connectivity index (χ0v) is 17.1. The molecule has 0 atom stereocenters. The lowest BCUT2D eigenvalue weighted by molar-refractivity contribution is -0.120. The molecule has 0 aliphatic heterocycles. The Hall–Kier alpha value is -3.20. The van der Waals surface area contributed by atoms with Crippen molar-refractivity contribution in [2.75, 3.05) is 6.54 Å². The fourth-order valence-corrected chi connectivity index (χ4v) is 3.89. The van der Waals surface area contributed by atoms with Crippen molar-refractivity contribution >= 4 is 23.0 Å². The molecule has 1 N–H and O–H groups in total. The van der Waals surface area contributed by atoms with Crippen molar-refractivity contribution in [3.05, 3.63) is 58.2 Å². The first-order valence-electron chi connectivity index (χ1n) is 9.40. The first kappa shape index (κ1) is 19.1. The number of amides is 1. The van der Waals surface area contributed by atoms with E-state index < -0.39 is 0 Å². The monoisotopic (exact) mass is 407 g/mol. The van der Waals surface area contributed by atoms with E-state index in [1.54, 1.807) is 28.2 Å². The second kappa shape index (κ2) is 8.44. The third-order valence-electron chi connectivity index (χ3n) is 4.40. The second-order valence-corrected chi connectivity index (χ2v) is 7.71. The highest BCUT2D eigenvalue weighted by molar-refractivity contribution is 7.09. The molecule has 0 saturated heterocycles. The van der Waals surface area contributed by atoms with Gasteiger partial charge in [-0.3, -0.25) is 9.78 Å². The van der Waals surface area contributed by atoms with Gasteiger partial charge in [-0.25, -0.2) is 14.5 Å². The lowest BCUT2D eigenvalue weighted by Gasteiger charge is -2.02. The SMILES string of the molecule is Cc1cc(C)n2nc(CC(=O)NCCCc3nc(-c4ccncc4)cs3)nc2n1. The molecule has 1 amide bonds. The van der Waals surface area contributed by atoms with Crippen LogP contribution in [0.15, 0.2) is 36.0 Å². The summed E-state index contributed by atoms with van der Waals surface area (Å²) in [5.74, 6) is 0.914. The van der Waals surface area contributed by atoms with Crippen LogP contribution in [0.1, 0.15) is 28.6 Å². The largest absolute Gasteiger partial charge is 0.356 e. The van der Waals surface area contributed by atoms with Gasteiger partial charge in [-0.15, -0.1) is 16.4 Å². The molecule has 0 saturated carbocycles. The summed E-state index contributed by atoms with van der Waals surface area (Å²) in [6, 6.07) is 5.83. The van der Waals surface area contributed by atoms with E-state index in [9.17, 15) is 4.79 Å². The Morgan fingerprint density at radius 2 is 2.00 bits per heavy atom. The summed E-state index contributed by atoms with van der Waals surface area (Å²) in [5.41, 5.74) is 3.86. The zero-order valence-electron chi connectivity index (χ0n) is 16.3. The number of aromatic nitrogens is 6. The normalized spacial score (nSPS) is 11.1. The number of nitrogens with one attached hydrogen (secondary N) is 1. The Labute approximate surface area is 172 Å². The number of carbonyl (C=O) groups excluding carboxylic acids is 1. The number of nitrogens with zero attached hydrogens (tertiary/aromatic N) is 6. The van der Waals surface area contributed by atoms with Crippen molar-refractivity contribution in [3.8, 4) is 11.3 Å². The number of thiazole rings is 1. The molecule has 29 heavy (non-hydrogen) atoms. The van der Waals surface area contributed by atoms with Gasteiger partial charge in [0.15, 0.2) is 5.82 Å². The van der Waals surface area contributed by atoms with E-state index in [0.717, 1.165) is 40.5 Å². The van der Waals surface area contributed by atoms with E-state index >= 15 is 0 Å². The summed E-state index contributed by atoms with van der Waals surface area (Å²) in [6.07, 6.45) is 5.32. The minimum atomic E-state index is -0.0908. The van der Waals surface area contributed by atoms with Gasteiger partial charge in [0.25, 0.3) is 5.78 Å². The maximum absolute atomic E-state index is 12.2. The third kappa shape index (κ3) is 4.62. The van der Waals surface area contributed by atoms with E-state index in [4.69, 9.17) is 0 Å². The molecular formula is C20H21N7OS. The van der Waals surface area contributed by atoms with Crippen LogP contribution >= 0.6 is 11.3 Å². The standard InChI is InChI=1S/C20H21N7OS/c1-13-10-14(2)27-20(23-13)25-17(26-27)11-18(28)22-7-3-4-19-24-16(12-29-19)15-5-8-21-9-6-15/h5-6,8-10,12H,3-4,7,11H2,1-2H3,(H,22,28). The molecular weight excluding hydrogens is 386 g/mol. The first-order chi connectivity index (χ1) is 14.1. The molecule has 4 aromatic heterocycles. The summed E-state index contributed by atoms with van der Waals surface area (Å²) in [5, 5.41) is 10.4. The number of rotatable bonds is 7. The molecule has 0 fully saturated rings. The molecule has 8 nitrogen and oxygen atoms in total. The van der Waals surface area contributed by atoms with E-state index in [-0.39, 0.29) is 12.3 Å². The van der Waals surface area contributed by atoms with Crippen LogP contribution in [0.4, 0.5) is 0 Å². The molecule has 0 bridgehead atoms. The van der Waals surface area contributed by atoms with Gasteiger partial charge < -0.3 is 5.32 Å². The van der Waals surface area contributed by atoms with Crippen LogP contribution in [0.3, 0.4) is 0 Å². The molecule has 4 rings (SSSR count). The Bertz CT molecular complexity index is 1140. The molecule has 0 aromatic carbocycles. The number of hydrogen-bond donors (Lipinski definition) is 1. The highest BCUT2D eigenvalue weighted by atomic mass is 32.1. The number of fused-ring (bicyclic) bond motifs is 1. The minimum Gasteiger partial charge on any atom is -0.356 e. The van der Waals surface area contributed by atoms with Gasteiger partial charge in [-0.2, -0.15) is 4.98 Å². The van der Waals surface area contributed by atoms with Crippen molar-refractivity contribution in [3.63, 3.8) is 0 Å². The van der Waals surface area contributed by atoms with Crippen molar-refractivity contribution in [1.29, 1.82) is 0 Å². The Kier molecular flexibility index (Phi) is 5.57. The summed E-state index contributed by atoms with van der Waals surface area (Å²) >= 11 is 1.64. The highest BCUT2D eigenvalue weighted by Gasteiger charge is 2.11. The van der Waals surface area contributed by atoms with Gasteiger partial charge in [0, 0.05) is 47.7 Å². The fraction of sp³-hybridized carbons (Fsp3) is 0.300. The highest BCUT2D eigenvalue weighted by Crippen LogP contribution is 2.21. The molecule has 0 aliphatic carbocycles. The fourth-order valence-electron chi connectivity index (χ4n) is 3.04. The summed E-state index contributed by atoms with van der Waals surface area (Å²) in [6.45, 7) is 4.45. The zero-order chi connectivity index (χ0) is 20.2. The van der Waals surface area contributed by atoms with Gasteiger partial charge in [0.1, 0.15) is 0 Å². The van der Waals surface area contributed by atoms with Gasteiger partial charge in [0.05, 0.1) is 17.1 Å². The first-order valence-corrected chi connectivity index (χ1v) is 10.3. The lowest BCUT2D eigenvalue weighted by atomic mass is 10.2. The number of aryl methyl sites for hydroxylation is 3. The van der Waals surface area contributed by atoms with E-state index in [2.05, 4.69) is 35.7 Å². The molecule has 4 aromatic rings. The van der Waals surface area contributed by atoms with Crippen molar-refractivity contribution in [1.82, 2.24) is 34.9 Å². The van der Waals surface area contributed by atoms with Crippen LogP contribution in [0.2, 0.25) is 0 Å². The van der Waals surface area contributed by atoms with Crippen molar-refractivity contribution in [2.24, 2.45) is 0 Å². The maximum atomic E-state index is 12.2. The molecule has 148 valence electrons. The number of carbonyl (C=O) groups is 1. The average Bonchev–Trinajstić information content (AvgIpc) is 3.33. The van der Waals surface area contributed by atoms with E-state index in [0.29, 0.717) is 18.1 Å². The summed E-state index contributed by atoms with van der Waals surface area (Å²) in [7, 11) is 0. The lowest BCUT2D eigenvalue weighted by Crippen LogP contribution is -2.26. The summed E-state index contributed by atoms with van der Waals surface area (Å²) < 4.78 is 1.67. The van der Waals surface area contributed by atoms with Gasteiger partial charge in [-0.1, -0.05) is 0 Å². The Morgan fingerprint density at radius 3 is 2.83 bits per heavy atom. The Morgan fingerprint density at radius 1 is 1.17 bits per heavy atom. The quantitative estimate of drug-likeness (QED) is 0.473. The van der Waals surface area contributed by atoms with Crippen LogP contribution < -0.4 is 5.32 Å². The minimum absolute atomic E-state index is 0.0908. The van der Waals surface area contributed by atoms with Crippen molar-refractivity contribution in [2.45, 2.75) is 33.1 Å². The molecule has 0 aliphatic rings. The van der Waals surface area contributed by atoms with Crippen LogP contribution in [0.5, 0.6) is 0 Å². The predicted molar refractivity (Wildman–Crippen MR) is 111 cm³/mol. The van der Waals surface area contributed by atoms with Gasteiger partial charge >= 0.3 is 0 Å². The number of pyridine rings is 1. The van der Waals surface area contributed by atoms with Crippen molar-refractivity contribution < 1.29 is 4.79 Å². The topological polar surface area (TPSA) is 98.0 Å². The molecule has 0 unspecified atom stereocenters. The van der Waals surface area contributed by atoms with Crippen LogP contribution in [0, 0.1) is 13.8 Å². The molecule has 0 spiro atoms. The Balaban J connectivity index is 1.25. The van der Waals surface area contributed by atoms with E-state index in [1.165, 1.54) is 0 Å². The van der Waals surface area contributed by atoms with Gasteiger partial charge in [0.2, 0.25) is 5.91 Å².